The zero-order valence-electron chi connectivity index (χ0n) is 19.7. The van der Waals surface area contributed by atoms with Gasteiger partial charge in [-0.3, -0.25) is 9.36 Å². The van der Waals surface area contributed by atoms with Crippen molar-refractivity contribution >= 4 is 29.0 Å². The van der Waals surface area contributed by atoms with Crippen LogP contribution in [0, 0.1) is 0 Å². The van der Waals surface area contributed by atoms with E-state index in [1.807, 2.05) is 79.0 Å². The van der Waals surface area contributed by atoms with E-state index in [9.17, 15) is 4.79 Å². The number of nitrogens with one attached hydrogen (secondary N) is 1. The van der Waals surface area contributed by atoms with Crippen molar-refractivity contribution in [2.24, 2.45) is 0 Å². The van der Waals surface area contributed by atoms with E-state index < -0.39 is 0 Å². The maximum absolute atomic E-state index is 12.7. The van der Waals surface area contributed by atoms with Gasteiger partial charge in [-0.05, 0) is 30.2 Å². The van der Waals surface area contributed by atoms with Crippen LogP contribution in [0.15, 0.2) is 102 Å². The summed E-state index contributed by atoms with van der Waals surface area (Å²) in [4.78, 5) is 17.3. The molecule has 0 bridgehead atoms. The van der Waals surface area contributed by atoms with Crippen molar-refractivity contribution in [3.05, 3.63) is 124 Å². The Balaban J connectivity index is 1.29. The summed E-state index contributed by atoms with van der Waals surface area (Å²) in [6.07, 6.45) is 0.685. The maximum atomic E-state index is 12.7. The van der Waals surface area contributed by atoms with Gasteiger partial charge in [-0.25, -0.2) is 4.98 Å². The van der Waals surface area contributed by atoms with Gasteiger partial charge in [0.25, 0.3) is 5.91 Å². The number of hydrogen-bond acceptors (Lipinski definition) is 6. The largest absolute Gasteiger partial charge is 0.344 e. The molecule has 0 saturated carbocycles. The van der Waals surface area contributed by atoms with Crippen LogP contribution in [-0.4, -0.2) is 25.7 Å². The molecule has 1 amide bonds. The summed E-state index contributed by atoms with van der Waals surface area (Å²) in [5, 5.41) is 15.5. The number of amides is 1. The number of carbonyl (C=O) groups excluding carboxylic acids is 1. The first kappa shape index (κ1) is 24.0. The molecule has 0 spiro atoms. The average Bonchev–Trinajstić information content (AvgIpc) is 3.56. The number of nitrogens with zero attached hydrogens (tertiary/aromatic N) is 4. The van der Waals surface area contributed by atoms with Gasteiger partial charge in [0.15, 0.2) is 5.16 Å². The number of thiazole rings is 1. The molecule has 6 nitrogen and oxygen atoms in total. The molecule has 5 aromatic rings. The summed E-state index contributed by atoms with van der Waals surface area (Å²) in [5.74, 6) is 1.31. The van der Waals surface area contributed by atoms with Gasteiger partial charge in [-0.1, -0.05) is 90.6 Å². The molecule has 3 aromatic carbocycles. The lowest BCUT2D eigenvalue weighted by molar-refractivity contribution is 0.0935. The van der Waals surface area contributed by atoms with Crippen molar-refractivity contribution < 1.29 is 4.79 Å². The van der Waals surface area contributed by atoms with Crippen molar-refractivity contribution in [2.45, 2.75) is 30.3 Å². The Kier molecular flexibility index (Phi) is 7.54. The summed E-state index contributed by atoms with van der Waals surface area (Å²) in [6, 6.07) is 30.2. The van der Waals surface area contributed by atoms with Crippen LogP contribution in [0.4, 0.5) is 0 Å². The quantitative estimate of drug-likeness (QED) is 0.242. The van der Waals surface area contributed by atoms with Crippen molar-refractivity contribution in [1.82, 2.24) is 25.1 Å². The predicted molar refractivity (Wildman–Crippen MR) is 145 cm³/mol. The van der Waals surface area contributed by atoms with Crippen molar-refractivity contribution in [2.75, 3.05) is 0 Å². The second-order valence-corrected chi connectivity index (χ2v) is 10.1. The minimum atomic E-state index is -0.170. The van der Waals surface area contributed by atoms with Gasteiger partial charge in [0.1, 0.15) is 16.5 Å². The molecule has 1 atom stereocenters. The normalized spacial score (nSPS) is 11.8. The lowest BCUT2D eigenvalue weighted by Crippen LogP contribution is -2.26. The second kappa shape index (κ2) is 11.3. The van der Waals surface area contributed by atoms with Crippen LogP contribution < -0.4 is 5.32 Å². The molecule has 2 aromatic heterocycles. The van der Waals surface area contributed by atoms with E-state index in [0.717, 1.165) is 27.2 Å². The Morgan fingerprint density at radius 1 is 0.944 bits per heavy atom. The number of hydrogen-bond donors (Lipinski definition) is 1. The molecule has 0 aliphatic carbocycles. The fraction of sp³-hybridized carbons (Fsp3) is 0.143. The summed E-state index contributed by atoms with van der Waals surface area (Å²) >= 11 is 3.05. The van der Waals surface area contributed by atoms with Gasteiger partial charge in [0.2, 0.25) is 0 Å². The van der Waals surface area contributed by atoms with E-state index in [1.165, 1.54) is 16.9 Å². The van der Waals surface area contributed by atoms with E-state index in [0.29, 0.717) is 17.9 Å². The van der Waals surface area contributed by atoms with Crippen LogP contribution in [-0.2, 0) is 12.2 Å². The first-order valence-corrected chi connectivity index (χ1v) is 13.5. The second-order valence-electron chi connectivity index (χ2n) is 8.25. The van der Waals surface area contributed by atoms with E-state index in [1.54, 1.807) is 11.8 Å². The van der Waals surface area contributed by atoms with E-state index in [4.69, 9.17) is 0 Å². The molecule has 0 saturated heterocycles. The highest BCUT2D eigenvalue weighted by molar-refractivity contribution is 7.98. The Morgan fingerprint density at radius 3 is 2.33 bits per heavy atom. The van der Waals surface area contributed by atoms with Crippen molar-refractivity contribution in [3.63, 3.8) is 0 Å². The highest BCUT2D eigenvalue weighted by atomic mass is 32.2. The van der Waals surface area contributed by atoms with Crippen LogP contribution in [0.5, 0.6) is 0 Å². The number of rotatable bonds is 9. The van der Waals surface area contributed by atoms with Gasteiger partial charge in [0.05, 0.1) is 11.8 Å². The fourth-order valence-electron chi connectivity index (χ4n) is 3.83. The SMILES string of the molecule is CC(NC(=O)c1csc(CSc2nnc(Cc3ccccc3)n2-c2ccccc2)n1)c1ccccc1. The molecule has 36 heavy (non-hydrogen) atoms. The van der Waals surface area contributed by atoms with Crippen molar-refractivity contribution in [1.29, 1.82) is 0 Å². The standard InChI is InChI=1S/C28H25N5OS2/c1-20(22-13-7-3-8-14-22)29-27(34)24-18-35-26(30-24)19-36-28-32-31-25(17-21-11-5-2-6-12-21)33(28)23-15-9-4-10-16-23/h2-16,18,20H,17,19H2,1H3,(H,29,34). The molecule has 0 fully saturated rings. The molecule has 0 radical (unpaired) electrons. The van der Waals surface area contributed by atoms with Crippen molar-refractivity contribution in [3.8, 4) is 5.69 Å². The maximum Gasteiger partial charge on any atom is 0.271 e. The summed E-state index contributed by atoms with van der Waals surface area (Å²) in [6.45, 7) is 1.97. The van der Waals surface area contributed by atoms with Gasteiger partial charge in [-0.15, -0.1) is 21.5 Å². The molecule has 180 valence electrons. The third-order valence-corrected chi connectivity index (χ3v) is 7.65. The van der Waals surface area contributed by atoms with Crippen LogP contribution in [0.3, 0.4) is 0 Å². The predicted octanol–water partition coefficient (Wildman–Crippen LogP) is 6.10. The van der Waals surface area contributed by atoms with Crippen LogP contribution in [0.2, 0.25) is 0 Å². The topological polar surface area (TPSA) is 72.7 Å². The molecule has 5 rings (SSSR count). The number of carbonyl (C=O) groups is 1. The third-order valence-electron chi connectivity index (χ3n) is 5.68. The highest BCUT2D eigenvalue weighted by Crippen LogP contribution is 2.27. The zero-order valence-corrected chi connectivity index (χ0v) is 21.4. The Hall–Kier alpha value is -3.75. The van der Waals surface area contributed by atoms with Gasteiger partial charge >= 0.3 is 0 Å². The van der Waals surface area contributed by atoms with Crippen LogP contribution >= 0.6 is 23.1 Å². The molecular weight excluding hydrogens is 486 g/mol. The lowest BCUT2D eigenvalue weighted by Gasteiger charge is -2.13. The first-order valence-electron chi connectivity index (χ1n) is 11.6. The highest BCUT2D eigenvalue weighted by Gasteiger charge is 2.18. The van der Waals surface area contributed by atoms with E-state index in [-0.39, 0.29) is 11.9 Å². The first-order chi connectivity index (χ1) is 17.7. The molecule has 2 heterocycles. The summed E-state index contributed by atoms with van der Waals surface area (Å²) in [5.41, 5.74) is 3.69. The molecule has 0 aliphatic rings. The Bertz CT molecular complexity index is 1420. The fourth-order valence-corrected chi connectivity index (χ4v) is 5.59. The van der Waals surface area contributed by atoms with E-state index >= 15 is 0 Å². The van der Waals surface area contributed by atoms with Crippen LogP contribution in [0.1, 0.15) is 45.4 Å². The van der Waals surface area contributed by atoms with Gasteiger partial charge in [-0.2, -0.15) is 0 Å². The number of para-hydroxylation sites is 1. The smallest absolute Gasteiger partial charge is 0.271 e. The van der Waals surface area contributed by atoms with E-state index in [2.05, 4.69) is 49.3 Å². The minimum absolute atomic E-state index is 0.0920. The van der Waals surface area contributed by atoms with Gasteiger partial charge < -0.3 is 5.32 Å². The summed E-state index contributed by atoms with van der Waals surface area (Å²) < 4.78 is 2.10. The average molecular weight is 512 g/mol. The lowest BCUT2D eigenvalue weighted by atomic mass is 10.1. The molecular formula is C28H25N5OS2. The third kappa shape index (κ3) is 5.72. The molecule has 1 N–H and O–H groups in total. The number of aromatic nitrogens is 4. The minimum Gasteiger partial charge on any atom is -0.344 e. The van der Waals surface area contributed by atoms with Gasteiger partial charge in [0, 0.05) is 17.5 Å². The molecule has 0 aliphatic heterocycles. The number of benzene rings is 3. The summed E-state index contributed by atoms with van der Waals surface area (Å²) in [7, 11) is 0. The zero-order chi connectivity index (χ0) is 24.7. The van der Waals surface area contributed by atoms with Crippen LogP contribution in [0.25, 0.3) is 5.69 Å². The Morgan fingerprint density at radius 2 is 1.61 bits per heavy atom. The number of thioether (sulfide) groups is 1. The monoisotopic (exact) mass is 511 g/mol. The molecule has 1 unspecified atom stereocenters. The molecule has 8 heteroatoms. The Labute approximate surface area is 218 Å².